The van der Waals surface area contributed by atoms with Crippen molar-refractivity contribution in [3.05, 3.63) is 28.5 Å². The van der Waals surface area contributed by atoms with Crippen LogP contribution in [0.2, 0.25) is 0 Å². The Bertz CT molecular complexity index is 441. The molecule has 1 heterocycles. The molecule has 92 valence electrons. The van der Waals surface area contributed by atoms with Gasteiger partial charge in [-0.1, -0.05) is 0 Å². The largest absolute Gasteiger partial charge is 0.391 e. The Labute approximate surface area is 107 Å². The first-order valence-corrected chi connectivity index (χ1v) is 6.04. The molecule has 17 heavy (non-hydrogen) atoms. The summed E-state index contributed by atoms with van der Waals surface area (Å²) in [5.41, 5.74) is 0.400. The Morgan fingerprint density at radius 3 is 2.94 bits per heavy atom. The van der Waals surface area contributed by atoms with Gasteiger partial charge in [0.05, 0.1) is 10.6 Å². The van der Waals surface area contributed by atoms with Gasteiger partial charge in [-0.15, -0.1) is 0 Å². The van der Waals surface area contributed by atoms with E-state index in [2.05, 4.69) is 21.2 Å². The number of likely N-dealkylation sites (tertiary alicyclic amines) is 1. The summed E-state index contributed by atoms with van der Waals surface area (Å²) in [5, 5.41) is 11.9. The molecule has 2 amide bonds. The van der Waals surface area contributed by atoms with E-state index < -0.39 is 11.9 Å². The molecule has 1 aliphatic rings. The van der Waals surface area contributed by atoms with Crippen LogP contribution >= 0.6 is 15.9 Å². The molecule has 6 heteroatoms. The third-order valence-electron chi connectivity index (χ3n) is 2.62. The van der Waals surface area contributed by atoms with Crippen molar-refractivity contribution in [2.75, 3.05) is 18.4 Å². The van der Waals surface area contributed by atoms with Gasteiger partial charge in [-0.25, -0.2) is 9.18 Å². The van der Waals surface area contributed by atoms with Crippen LogP contribution in [-0.4, -0.2) is 35.2 Å². The first-order chi connectivity index (χ1) is 8.06. The fourth-order valence-corrected chi connectivity index (χ4v) is 1.95. The number of carbonyl (C=O) groups excluding carboxylic acids is 1. The standard InChI is InChI=1S/C11H12BrFN2O2/c12-9-2-1-7(5-10(9)13)14-11(17)15-4-3-8(16)6-15/h1-2,5,8,16H,3-4,6H2,(H,14,17)/t8-/m1/s1. The van der Waals surface area contributed by atoms with Gasteiger partial charge in [0.15, 0.2) is 0 Å². The summed E-state index contributed by atoms with van der Waals surface area (Å²) in [6, 6.07) is 4.07. The SMILES string of the molecule is O=C(Nc1ccc(Br)c(F)c1)N1CC[C@@H](O)C1. The summed E-state index contributed by atoms with van der Waals surface area (Å²) >= 11 is 3.04. The lowest BCUT2D eigenvalue weighted by Gasteiger charge is -2.16. The van der Waals surface area contributed by atoms with Crippen LogP contribution < -0.4 is 5.32 Å². The van der Waals surface area contributed by atoms with E-state index in [0.29, 0.717) is 29.7 Å². The number of benzene rings is 1. The van der Waals surface area contributed by atoms with Crippen molar-refractivity contribution in [1.29, 1.82) is 0 Å². The smallest absolute Gasteiger partial charge is 0.321 e. The summed E-state index contributed by atoms with van der Waals surface area (Å²) in [5.74, 6) is -0.427. The van der Waals surface area contributed by atoms with Crippen molar-refractivity contribution in [2.45, 2.75) is 12.5 Å². The molecule has 4 nitrogen and oxygen atoms in total. The van der Waals surface area contributed by atoms with Gasteiger partial charge < -0.3 is 15.3 Å². The molecule has 0 unspecified atom stereocenters. The summed E-state index contributed by atoms with van der Waals surface area (Å²) in [4.78, 5) is 13.2. The minimum atomic E-state index is -0.456. The number of β-amino-alcohol motifs (C(OH)–C–C–N with tert-alkyl or cyclic N) is 1. The van der Waals surface area contributed by atoms with Crippen molar-refractivity contribution in [1.82, 2.24) is 4.90 Å². The summed E-state index contributed by atoms with van der Waals surface area (Å²) in [6.07, 6.45) is 0.129. The predicted octanol–water partition coefficient (Wildman–Crippen LogP) is 2.19. The second-order valence-corrected chi connectivity index (χ2v) is 4.80. The Morgan fingerprint density at radius 2 is 2.35 bits per heavy atom. The second-order valence-electron chi connectivity index (χ2n) is 3.95. The highest BCUT2D eigenvalue weighted by Crippen LogP contribution is 2.20. The van der Waals surface area contributed by atoms with Gasteiger partial charge in [-0.05, 0) is 40.5 Å². The molecule has 1 aromatic carbocycles. The number of nitrogens with one attached hydrogen (secondary N) is 1. The molecule has 2 N–H and O–H groups in total. The maximum Gasteiger partial charge on any atom is 0.321 e. The minimum Gasteiger partial charge on any atom is -0.391 e. The zero-order valence-electron chi connectivity index (χ0n) is 8.99. The van der Waals surface area contributed by atoms with Crippen LogP contribution in [0.4, 0.5) is 14.9 Å². The molecule has 0 radical (unpaired) electrons. The lowest BCUT2D eigenvalue weighted by Crippen LogP contribution is -2.33. The van der Waals surface area contributed by atoms with Crippen LogP contribution in [0.15, 0.2) is 22.7 Å². The van der Waals surface area contributed by atoms with E-state index >= 15 is 0 Å². The van der Waals surface area contributed by atoms with Crippen molar-refractivity contribution in [2.24, 2.45) is 0 Å². The van der Waals surface area contributed by atoms with Gasteiger partial charge in [-0.3, -0.25) is 0 Å². The molecule has 0 bridgehead atoms. The average Bonchev–Trinajstić information content (AvgIpc) is 2.70. The third kappa shape index (κ3) is 2.95. The van der Waals surface area contributed by atoms with Gasteiger partial charge in [-0.2, -0.15) is 0 Å². The topological polar surface area (TPSA) is 52.6 Å². The third-order valence-corrected chi connectivity index (χ3v) is 3.26. The molecule has 0 aromatic heterocycles. The van der Waals surface area contributed by atoms with Crippen LogP contribution in [0.5, 0.6) is 0 Å². The average molecular weight is 303 g/mol. The number of nitrogens with zero attached hydrogens (tertiary/aromatic N) is 1. The van der Waals surface area contributed by atoms with E-state index in [1.807, 2.05) is 0 Å². The fraction of sp³-hybridized carbons (Fsp3) is 0.364. The van der Waals surface area contributed by atoms with Gasteiger partial charge in [0, 0.05) is 18.8 Å². The summed E-state index contributed by atoms with van der Waals surface area (Å²) in [6.45, 7) is 0.844. The molecule has 0 saturated carbocycles. The first-order valence-electron chi connectivity index (χ1n) is 5.25. The molecule has 1 saturated heterocycles. The van der Waals surface area contributed by atoms with Crippen molar-refractivity contribution in [3.8, 4) is 0 Å². The number of hydrogen-bond acceptors (Lipinski definition) is 2. The Balaban J connectivity index is 2.00. The predicted molar refractivity (Wildman–Crippen MR) is 65.3 cm³/mol. The number of anilines is 1. The summed E-state index contributed by atoms with van der Waals surface area (Å²) in [7, 11) is 0. The zero-order valence-corrected chi connectivity index (χ0v) is 10.6. The van der Waals surface area contributed by atoms with Crippen molar-refractivity contribution in [3.63, 3.8) is 0 Å². The molecule has 2 rings (SSSR count). The first kappa shape index (κ1) is 12.3. The molecular weight excluding hydrogens is 291 g/mol. The zero-order chi connectivity index (χ0) is 12.4. The lowest BCUT2D eigenvalue weighted by atomic mass is 10.3. The lowest BCUT2D eigenvalue weighted by molar-refractivity contribution is 0.176. The van der Waals surface area contributed by atoms with E-state index in [1.165, 1.54) is 17.0 Å². The maximum absolute atomic E-state index is 13.2. The number of urea groups is 1. The molecule has 0 spiro atoms. The van der Waals surface area contributed by atoms with Crippen LogP contribution in [0.1, 0.15) is 6.42 Å². The molecular formula is C11H12BrFN2O2. The second kappa shape index (κ2) is 5.01. The summed E-state index contributed by atoms with van der Waals surface area (Å²) < 4.78 is 13.6. The number of carbonyl (C=O) groups is 1. The van der Waals surface area contributed by atoms with E-state index in [-0.39, 0.29) is 6.03 Å². The molecule has 1 aromatic rings. The Hall–Kier alpha value is -1.14. The normalized spacial score (nSPS) is 19.5. The highest BCUT2D eigenvalue weighted by Gasteiger charge is 2.24. The number of halogens is 2. The molecule has 1 aliphatic heterocycles. The maximum atomic E-state index is 13.2. The van der Waals surface area contributed by atoms with Gasteiger partial charge in [0.2, 0.25) is 0 Å². The van der Waals surface area contributed by atoms with Crippen LogP contribution in [0, 0.1) is 5.82 Å². The molecule has 1 fully saturated rings. The molecule has 0 aliphatic carbocycles. The highest BCUT2D eigenvalue weighted by atomic mass is 79.9. The number of amides is 2. The van der Waals surface area contributed by atoms with E-state index in [0.717, 1.165) is 0 Å². The quantitative estimate of drug-likeness (QED) is 0.835. The van der Waals surface area contributed by atoms with Crippen molar-refractivity contribution >= 4 is 27.6 Å². The number of hydrogen-bond donors (Lipinski definition) is 2. The minimum absolute atomic E-state index is 0.316. The number of rotatable bonds is 1. The molecule has 1 atom stereocenters. The van der Waals surface area contributed by atoms with Gasteiger partial charge in [0.1, 0.15) is 5.82 Å². The van der Waals surface area contributed by atoms with Crippen LogP contribution in [0.25, 0.3) is 0 Å². The Kier molecular flexibility index (Phi) is 3.63. The monoisotopic (exact) mass is 302 g/mol. The van der Waals surface area contributed by atoms with E-state index in [9.17, 15) is 14.3 Å². The van der Waals surface area contributed by atoms with E-state index in [1.54, 1.807) is 6.07 Å². The van der Waals surface area contributed by atoms with Crippen LogP contribution in [-0.2, 0) is 0 Å². The fourth-order valence-electron chi connectivity index (χ4n) is 1.70. The van der Waals surface area contributed by atoms with Crippen molar-refractivity contribution < 1.29 is 14.3 Å². The number of aliphatic hydroxyl groups is 1. The van der Waals surface area contributed by atoms with Gasteiger partial charge in [0.25, 0.3) is 0 Å². The highest BCUT2D eigenvalue weighted by molar-refractivity contribution is 9.10. The van der Waals surface area contributed by atoms with E-state index in [4.69, 9.17) is 0 Å². The number of aliphatic hydroxyl groups excluding tert-OH is 1. The Morgan fingerprint density at radius 1 is 1.59 bits per heavy atom. The van der Waals surface area contributed by atoms with Gasteiger partial charge >= 0.3 is 6.03 Å². The van der Waals surface area contributed by atoms with Crippen LogP contribution in [0.3, 0.4) is 0 Å².